The Balaban J connectivity index is 1.51. The number of hydrogen-bond acceptors (Lipinski definition) is 5. The van der Waals surface area contributed by atoms with E-state index in [2.05, 4.69) is 20.4 Å². The molecule has 0 radical (unpaired) electrons. The van der Waals surface area contributed by atoms with Crippen LogP contribution < -0.4 is 10.6 Å². The van der Waals surface area contributed by atoms with Gasteiger partial charge in [0, 0.05) is 25.9 Å². The number of nitrogens with one attached hydrogen (secondary N) is 2. The summed E-state index contributed by atoms with van der Waals surface area (Å²) in [6.07, 6.45) is -15.1. The molecule has 1 unspecified atom stereocenters. The third kappa shape index (κ3) is 5.85. The number of anilines is 2. The molecule has 2 heterocycles. The molecule has 182 valence electrons. The van der Waals surface area contributed by atoms with E-state index in [9.17, 15) is 40.7 Å². The number of aromatic nitrogens is 1. The van der Waals surface area contributed by atoms with Gasteiger partial charge in [-0.15, -0.1) is 0 Å². The van der Waals surface area contributed by atoms with Crippen LogP contribution >= 0.6 is 0 Å². The Morgan fingerprint density at radius 2 is 1.70 bits per heavy atom. The fourth-order valence-corrected chi connectivity index (χ4v) is 3.85. The number of piperidine rings is 1. The quantitative estimate of drug-likeness (QED) is 0.638. The summed E-state index contributed by atoms with van der Waals surface area (Å²) in [6.45, 7) is 1.07. The lowest BCUT2D eigenvalue weighted by Gasteiger charge is -2.33. The third-order valence-electron chi connectivity index (χ3n) is 5.67. The Labute approximate surface area is 183 Å². The number of likely N-dealkylation sites (tertiary alicyclic amines) is 1. The van der Waals surface area contributed by atoms with Gasteiger partial charge in [0.25, 0.3) is 6.10 Å². The van der Waals surface area contributed by atoms with Gasteiger partial charge in [-0.3, -0.25) is 9.59 Å². The molecular formula is C19H20F6N4O4. The predicted octanol–water partition coefficient (Wildman–Crippen LogP) is 3.71. The molecule has 1 saturated heterocycles. The number of alkyl halides is 6. The van der Waals surface area contributed by atoms with E-state index in [0.717, 1.165) is 4.90 Å². The molecule has 2 fully saturated rings. The van der Waals surface area contributed by atoms with Crippen molar-refractivity contribution in [3.63, 3.8) is 0 Å². The summed E-state index contributed by atoms with van der Waals surface area (Å²) in [7, 11) is 0. The monoisotopic (exact) mass is 482 g/mol. The number of carbonyl (C=O) groups is 3. The van der Waals surface area contributed by atoms with E-state index in [-0.39, 0.29) is 37.7 Å². The Morgan fingerprint density at radius 1 is 1.09 bits per heavy atom. The maximum absolute atomic E-state index is 12.6. The number of pyridine rings is 1. The average Bonchev–Trinajstić information content (AvgIpc) is 3.39. The molecule has 0 aromatic carbocycles. The van der Waals surface area contributed by atoms with E-state index < -0.39 is 35.9 Å². The van der Waals surface area contributed by atoms with Crippen LogP contribution in [0.2, 0.25) is 0 Å². The molecule has 3 amide bonds. The van der Waals surface area contributed by atoms with Gasteiger partial charge in [0.15, 0.2) is 0 Å². The van der Waals surface area contributed by atoms with Crippen LogP contribution in [0.5, 0.6) is 0 Å². The van der Waals surface area contributed by atoms with Gasteiger partial charge in [-0.05, 0) is 36.8 Å². The second kappa shape index (κ2) is 8.71. The van der Waals surface area contributed by atoms with Gasteiger partial charge in [0.1, 0.15) is 5.82 Å². The highest BCUT2D eigenvalue weighted by Gasteiger charge is 2.61. The van der Waals surface area contributed by atoms with Gasteiger partial charge in [-0.2, -0.15) is 26.3 Å². The number of hydrogen-bond donors (Lipinski definition) is 2. The molecule has 33 heavy (non-hydrogen) atoms. The molecule has 0 bridgehead atoms. The van der Waals surface area contributed by atoms with Crippen molar-refractivity contribution < 1.29 is 45.5 Å². The Morgan fingerprint density at radius 3 is 2.18 bits per heavy atom. The molecule has 3 rings (SSSR count). The summed E-state index contributed by atoms with van der Waals surface area (Å²) in [5.74, 6) is -0.721. The van der Waals surface area contributed by atoms with Gasteiger partial charge in [0.2, 0.25) is 11.8 Å². The first kappa shape index (κ1) is 24.6. The van der Waals surface area contributed by atoms with Crippen LogP contribution in [0.1, 0.15) is 26.2 Å². The van der Waals surface area contributed by atoms with E-state index in [0.29, 0.717) is 17.9 Å². The molecule has 1 aromatic rings. The third-order valence-corrected chi connectivity index (χ3v) is 5.67. The average molecular weight is 482 g/mol. The zero-order valence-corrected chi connectivity index (χ0v) is 17.2. The second-order valence-corrected chi connectivity index (χ2v) is 8.06. The van der Waals surface area contributed by atoms with Crippen LogP contribution in [0.4, 0.5) is 42.6 Å². The van der Waals surface area contributed by atoms with Crippen LogP contribution in [-0.2, 0) is 14.3 Å². The van der Waals surface area contributed by atoms with Crippen LogP contribution in [0.15, 0.2) is 18.3 Å². The number of ether oxygens (including phenoxy) is 1. The topological polar surface area (TPSA) is 101 Å². The molecular weight excluding hydrogens is 462 g/mol. The molecule has 1 aromatic heterocycles. The number of carbonyl (C=O) groups excluding carboxylic acids is 3. The first-order chi connectivity index (χ1) is 15.2. The van der Waals surface area contributed by atoms with Crippen LogP contribution in [0, 0.1) is 11.3 Å². The largest absolute Gasteiger partial charge is 0.434 e. The second-order valence-electron chi connectivity index (χ2n) is 8.06. The lowest BCUT2D eigenvalue weighted by atomic mass is 9.91. The van der Waals surface area contributed by atoms with E-state index in [1.807, 2.05) is 0 Å². The Bertz CT molecular complexity index is 896. The van der Waals surface area contributed by atoms with E-state index in [1.165, 1.54) is 19.2 Å². The lowest BCUT2D eigenvalue weighted by Crippen LogP contribution is -2.49. The van der Waals surface area contributed by atoms with Crippen LogP contribution in [-0.4, -0.2) is 59.3 Å². The summed E-state index contributed by atoms with van der Waals surface area (Å²) in [4.78, 5) is 40.2. The van der Waals surface area contributed by atoms with E-state index in [1.54, 1.807) is 6.07 Å². The number of halogens is 6. The standard InChI is InChI=1S/C19H20F6N4O4/c1-10(30)27-13-3-2-11(9-26-13)28-14(31)12-8-17(12)4-6-29(7-5-17)16(32)33-15(18(20,21)22)19(23,24)25/h2-3,9,12,15H,4-8H2,1H3,(H,28,31)(H,26,27,30). The first-order valence-corrected chi connectivity index (χ1v) is 9.85. The fourth-order valence-electron chi connectivity index (χ4n) is 3.85. The Kier molecular flexibility index (Phi) is 6.48. The van der Waals surface area contributed by atoms with Crippen molar-refractivity contribution >= 4 is 29.4 Å². The zero-order valence-electron chi connectivity index (χ0n) is 17.2. The van der Waals surface area contributed by atoms with Gasteiger partial charge in [0.05, 0.1) is 11.9 Å². The SMILES string of the molecule is CC(=O)Nc1ccc(NC(=O)C2CC23CCN(C(=O)OC(C(F)(F)F)C(F)(F)F)CC3)cn1. The summed E-state index contributed by atoms with van der Waals surface area (Å²) >= 11 is 0. The summed E-state index contributed by atoms with van der Waals surface area (Å²) in [5.41, 5.74) is -0.0831. The molecule has 1 spiro atoms. The van der Waals surface area contributed by atoms with Crippen molar-refractivity contribution in [3.8, 4) is 0 Å². The van der Waals surface area contributed by atoms with Crippen LogP contribution in [0.25, 0.3) is 0 Å². The maximum Gasteiger partial charge on any atom is 0.434 e. The molecule has 14 heteroatoms. The van der Waals surface area contributed by atoms with E-state index >= 15 is 0 Å². The summed E-state index contributed by atoms with van der Waals surface area (Å²) in [5, 5.41) is 5.16. The summed E-state index contributed by atoms with van der Waals surface area (Å²) < 4.78 is 79.3. The number of nitrogens with zero attached hydrogens (tertiary/aromatic N) is 2. The van der Waals surface area contributed by atoms with Crippen LogP contribution in [0.3, 0.4) is 0 Å². The molecule has 1 aliphatic heterocycles. The van der Waals surface area contributed by atoms with Crippen molar-refractivity contribution in [2.75, 3.05) is 23.7 Å². The van der Waals surface area contributed by atoms with Gasteiger partial charge >= 0.3 is 18.4 Å². The smallest absolute Gasteiger partial charge is 0.426 e. The normalized spacial score (nSPS) is 19.9. The van der Waals surface area contributed by atoms with Crippen molar-refractivity contribution in [1.29, 1.82) is 0 Å². The van der Waals surface area contributed by atoms with Gasteiger partial charge in [-0.1, -0.05) is 0 Å². The Hall–Kier alpha value is -3.06. The van der Waals surface area contributed by atoms with Gasteiger partial charge in [-0.25, -0.2) is 9.78 Å². The molecule has 1 aliphatic carbocycles. The molecule has 1 atom stereocenters. The minimum absolute atomic E-state index is 0.127. The van der Waals surface area contributed by atoms with Crippen molar-refractivity contribution in [2.24, 2.45) is 11.3 Å². The fraction of sp³-hybridized carbons (Fsp3) is 0.579. The van der Waals surface area contributed by atoms with Gasteiger partial charge < -0.3 is 20.3 Å². The predicted molar refractivity (Wildman–Crippen MR) is 101 cm³/mol. The zero-order chi connectivity index (χ0) is 24.6. The van der Waals surface area contributed by atoms with Crippen molar-refractivity contribution in [2.45, 2.75) is 44.6 Å². The number of amides is 3. The summed E-state index contributed by atoms with van der Waals surface area (Å²) in [6, 6.07) is 3.04. The highest BCUT2D eigenvalue weighted by atomic mass is 19.4. The highest BCUT2D eigenvalue weighted by Crippen LogP contribution is 2.59. The first-order valence-electron chi connectivity index (χ1n) is 9.85. The minimum Gasteiger partial charge on any atom is -0.426 e. The molecule has 2 aliphatic rings. The number of rotatable bonds is 4. The highest BCUT2D eigenvalue weighted by molar-refractivity contribution is 5.95. The molecule has 8 nitrogen and oxygen atoms in total. The molecule has 1 saturated carbocycles. The minimum atomic E-state index is -5.78. The maximum atomic E-state index is 12.6. The van der Waals surface area contributed by atoms with Crippen molar-refractivity contribution in [3.05, 3.63) is 18.3 Å². The van der Waals surface area contributed by atoms with Crippen molar-refractivity contribution in [1.82, 2.24) is 9.88 Å². The lowest BCUT2D eigenvalue weighted by molar-refractivity contribution is -0.308. The molecule has 2 N–H and O–H groups in total. The van der Waals surface area contributed by atoms with E-state index in [4.69, 9.17) is 0 Å².